The molecular weight excluding hydrogens is 271 g/mol. The molecule has 0 amide bonds. The second-order valence-electron chi connectivity index (χ2n) is 4.72. The summed E-state index contributed by atoms with van der Waals surface area (Å²) >= 11 is 0. The Balaban J connectivity index is 2.47. The SMILES string of the molecule is Nc1ccc(N(CCO)CCO)c(-c2ccc(F)cc2)c1. The molecule has 0 atom stereocenters. The van der Waals surface area contributed by atoms with Crippen LogP contribution in [0.3, 0.4) is 0 Å². The van der Waals surface area contributed by atoms with Crippen molar-refractivity contribution in [3.63, 3.8) is 0 Å². The summed E-state index contributed by atoms with van der Waals surface area (Å²) in [7, 11) is 0. The van der Waals surface area contributed by atoms with Gasteiger partial charge in [0.1, 0.15) is 5.82 Å². The smallest absolute Gasteiger partial charge is 0.123 e. The number of halogens is 1. The maximum absolute atomic E-state index is 13.1. The number of benzene rings is 2. The molecule has 112 valence electrons. The zero-order valence-electron chi connectivity index (χ0n) is 11.7. The monoisotopic (exact) mass is 290 g/mol. The molecule has 0 fully saturated rings. The summed E-state index contributed by atoms with van der Waals surface area (Å²) in [4.78, 5) is 1.87. The molecule has 5 heteroatoms. The highest BCUT2D eigenvalue weighted by Gasteiger charge is 2.12. The number of nitrogens with zero attached hydrogens (tertiary/aromatic N) is 1. The predicted molar refractivity (Wildman–Crippen MR) is 82.6 cm³/mol. The van der Waals surface area contributed by atoms with Gasteiger partial charge < -0.3 is 20.8 Å². The van der Waals surface area contributed by atoms with Crippen LogP contribution in [-0.4, -0.2) is 36.5 Å². The normalized spacial score (nSPS) is 10.6. The van der Waals surface area contributed by atoms with Crippen LogP contribution in [0.25, 0.3) is 11.1 Å². The predicted octanol–water partition coefficient (Wildman–Crippen LogP) is 1.87. The van der Waals surface area contributed by atoms with E-state index in [2.05, 4.69) is 0 Å². The third-order valence-corrected chi connectivity index (χ3v) is 3.26. The quantitative estimate of drug-likeness (QED) is 0.710. The van der Waals surface area contributed by atoms with E-state index >= 15 is 0 Å². The van der Waals surface area contributed by atoms with E-state index in [1.807, 2.05) is 17.0 Å². The molecule has 0 aromatic heterocycles. The van der Waals surface area contributed by atoms with Crippen LogP contribution in [0.1, 0.15) is 0 Å². The van der Waals surface area contributed by atoms with Gasteiger partial charge in [-0.15, -0.1) is 0 Å². The van der Waals surface area contributed by atoms with Gasteiger partial charge in [-0.1, -0.05) is 12.1 Å². The average Bonchev–Trinajstić information content (AvgIpc) is 2.48. The second kappa shape index (κ2) is 7.06. The van der Waals surface area contributed by atoms with E-state index in [4.69, 9.17) is 5.73 Å². The molecule has 21 heavy (non-hydrogen) atoms. The lowest BCUT2D eigenvalue weighted by Gasteiger charge is -2.26. The lowest BCUT2D eigenvalue weighted by Crippen LogP contribution is -2.30. The second-order valence-corrected chi connectivity index (χ2v) is 4.72. The lowest BCUT2D eigenvalue weighted by molar-refractivity contribution is 0.281. The summed E-state index contributed by atoms with van der Waals surface area (Å²) in [5.74, 6) is -0.299. The Hall–Kier alpha value is -2.11. The average molecular weight is 290 g/mol. The van der Waals surface area contributed by atoms with E-state index in [9.17, 15) is 14.6 Å². The fraction of sp³-hybridized carbons (Fsp3) is 0.250. The molecule has 0 aliphatic carbocycles. The first-order chi connectivity index (χ1) is 10.2. The van der Waals surface area contributed by atoms with Crippen molar-refractivity contribution in [1.29, 1.82) is 0 Å². The van der Waals surface area contributed by atoms with Crippen molar-refractivity contribution < 1.29 is 14.6 Å². The van der Waals surface area contributed by atoms with Crippen LogP contribution in [0.5, 0.6) is 0 Å². The van der Waals surface area contributed by atoms with Gasteiger partial charge in [0.05, 0.1) is 13.2 Å². The van der Waals surface area contributed by atoms with Crippen LogP contribution < -0.4 is 10.6 Å². The van der Waals surface area contributed by atoms with E-state index in [0.29, 0.717) is 18.8 Å². The highest BCUT2D eigenvalue weighted by molar-refractivity contribution is 5.81. The van der Waals surface area contributed by atoms with Gasteiger partial charge in [0.15, 0.2) is 0 Å². The molecule has 0 aliphatic heterocycles. The Morgan fingerprint density at radius 3 is 2.14 bits per heavy atom. The number of aliphatic hydroxyl groups is 2. The molecule has 0 bridgehead atoms. The summed E-state index contributed by atoms with van der Waals surface area (Å²) in [6, 6.07) is 11.6. The molecule has 0 saturated carbocycles. The lowest BCUT2D eigenvalue weighted by atomic mass is 10.0. The fourth-order valence-corrected chi connectivity index (χ4v) is 2.28. The number of hydrogen-bond donors (Lipinski definition) is 3. The highest BCUT2D eigenvalue weighted by atomic mass is 19.1. The molecule has 0 spiro atoms. The summed E-state index contributed by atoms with van der Waals surface area (Å²) in [5, 5.41) is 18.4. The third-order valence-electron chi connectivity index (χ3n) is 3.26. The van der Waals surface area contributed by atoms with Crippen molar-refractivity contribution in [2.75, 3.05) is 36.9 Å². The van der Waals surface area contributed by atoms with E-state index in [0.717, 1.165) is 16.8 Å². The minimum atomic E-state index is -0.299. The van der Waals surface area contributed by atoms with Crippen LogP contribution in [0.2, 0.25) is 0 Å². The standard InChI is InChI=1S/C16H19FN2O2/c17-13-3-1-12(2-4-13)15-11-14(18)5-6-16(15)19(7-9-20)8-10-21/h1-6,11,20-21H,7-10,18H2. The van der Waals surface area contributed by atoms with Crippen LogP contribution in [0.4, 0.5) is 15.8 Å². The van der Waals surface area contributed by atoms with Gasteiger partial charge in [0.25, 0.3) is 0 Å². The third kappa shape index (κ3) is 3.71. The Kier molecular flexibility index (Phi) is 5.14. The first-order valence-electron chi connectivity index (χ1n) is 6.78. The molecule has 0 heterocycles. The van der Waals surface area contributed by atoms with E-state index in [-0.39, 0.29) is 19.0 Å². The molecule has 0 radical (unpaired) electrons. The number of rotatable bonds is 6. The number of aliphatic hydroxyl groups excluding tert-OH is 2. The molecule has 0 unspecified atom stereocenters. The van der Waals surface area contributed by atoms with Crippen LogP contribution in [0, 0.1) is 5.82 Å². The highest BCUT2D eigenvalue weighted by Crippen LogP contribution is 2.32. The summed E-state index contributed by atoms with van der Waals surface area (Å²) in [6.07, 6.45) is 0. The van der Waals surface area contributed by atoms with Gasteiger partial charge >= 0.3 is 0 Å². The van der Waals surface area contributed by atoms with Crippen molar-refractivity contribution >= 4 is 11.4 Å². The van der Waals surface area contributed by atoms with Crippen molar-refractivity contribution in [2.45, 2.75) is 0 Å². The molecule has 0 saturated heterocycles. The van der Waals surface area contributed by atoms with Gasteiger partial charge in [0.2, 0.25) is 0 Å². The molecule has 4 N–H and O–H groups in total. The zero-order valence-corrected chi connectivity index (χ0v) is 11.7. The van der Waals surface area contributed by atoms with Gasteiger partial charge in [-0.25, -0.2) is 4.39 Å². The van der Waals surface area contributed by atoms with Crippen LogP contribution >= 0.6 is 0 Å². The van der Waals surface area contributed by atoms with Gasteiger partial charge in [-0.2, -0.15) is 0 Å². The van der Waals surface area contributed by atoms with Crippen molar-refractivity contribution in [2.24, 2.45) is 0 Å². The first-order valence-corrected chi connectivity index (χ1v) is 6.78. The topological polar surface area (TPSA) is 69.7 Å². The van der Waals surface area contributed by atoms with E-state index in [1.165, 1.54) is 12.1 Å². The summed E-state index contributed by atoms with van der Waals surface area (Å²) < 4.78 is 13.1. The maximum Gasteiger partial charge on any atom is 0.123 e. The number of nitrogens with two attached hydrogens (primary N) is 1. The Morgan fingerprint density at radius 1 is 0.952 bits per heavy atom. The number of hydrogen-bond acceptors (Lipinski definition) is 4. The van der Waals surface area contributed by atoms with E-state index in [1.54, 1.807) is 18.2 Å². The van der Waals surface area contributed by atoms with E-state index < -0.39 is 0 Å². The van der Waals surface area contributed by atoms with Crippen LogP contribution in [0.15, 0.2) is 42.5 Å². The minimum Gasteiger partial charge on any atom is -0.399 e. The molecule has 4 nitrogen and oxygen atoms in total. The van der Waals surface area contributed by atoms with Crippen molar-refractivity contribution in [1.82, 2.24) is 0 Å². The number of anilines is 2. The van der Waals surface area contributed by atoms with Crippen LogP contribution in [-0.2, 0) is 0 Å². The fourth-order valence-electron chi connectivity index (χ4n) is 2.28. The molecule has 0 aliphatic rings. The molecule has 2 aromatic carbocycles. The van der Waals surface area contributed by atoms with Crippen molar-refractivity contribution in [3.05, 3.63) is 48.3 Å². The summed E-state index contributed by atoms with van der Waals surface area (Å²) in [6.45, 7) is 0.762. The molecule has 2 aromatic rings. The first kappa shape index (κ1) is 15.3. The summed E-state index contributed by atoms with van der Waals surface area (Å²) in [5.41, 5.74) is 8.98. The minimum absolute atomic E-state index is 0.0206. The van der Waals surface area contributed by atoms with Gasteiger partial charge in [0, 0.05) is 30.0 Å². The molecule has 2 rings (SSSR count). The Bertz CT molecular complexity index is 581. The Morgan fingerprint density at radius 2 is 1.57 bits per heavy atom. The largest absolute Gasteiger partial charge is 0.399 e. The molecular formula is C16H19FN2O2. The van der Waals surface area contributed by atoms with Gasteiger partial charge in [-0.05, 0) is 35.9 Å². The zero-order chi connectivity index (χ0) is 15.2. The van der Waals surface area contributed by atoms with Crippen molar-refractivity contribution in [3.8, 4) is 11.1 Å². The number of nitrogen functional groups attached to an aromatic ring is 1. The maximum atomic E-state index is 13.1. The van der Waals surface area contributed by atoms with Gasteiger partial charge in [-0.3, -0.25) is 0 Å². The Labute approximate surface area is 123 Å².